The lowest BCUT2D eigenvalue weighted by Crippen LogP contribution is -2.41. The van der Waals surface area contributed by atoms with Gasteiger partial charge in [0, 0.05) is 11.8 Å². The summed E-state index contributed by atoms with van der Waals surface area (Å²) in [7, 11) is 0. The number of primary amides is 1. The first-order valence-electron chi connectivity index (χ1n) is 6.36. The van der Waals surface area contributed by atoms with E-state index in [0.29, 0.717) is 12.2 Å². The highest BCUT2D eigenvalue weighted by molar-refractivity contribution is 5.88. The summed E-state index contributed by atoms with van der Waals surface area (Å²) in [6.07, 6.45) is 0.423. The lowest BCUT2D eigenvalue weighted by Gasteiger charge is -2.33. The maximum atomic E-state index is 11.4. The molecule has 1 rings (SSSR count). The Morgan fingerprint density at radius 2 is 1.85 bits per heavy atom. The third-order valence-corrected chi connectivity index (χ3v) is 3.01. The number of nitrogens with two attached hydrogens (primary N) is 1. The van der Waals surface area contributed by atoms with Gasteiger partial charge in [-0.05, 0) is 32.0 Å². The zero-order valence-corrected chi connectivity index (χ0v) is 12.3. The Bertz CT molecular complexity index is 520. The number of hydrogen-bond acceptors (Lipinski definition) is 3. The second-order valence-corrected chi connectivity index (χ2v) is 6.12. The predicted octanol–water partition coefficient (Wildman–Crippen LogP) is 2.44. The number of rotatable bonds is 6. The first-order chi connectivity index (χ1) is 9.03. The molecule has 0 radical (unpaired) electrons. The molecule has 5 heteroatoms. The topological polar surface area (TPSA) is 89.6 Å². The van der Waals surface area contributed by atoms with Crippen LogP contribution in [0.15, 0.2) is 24.3 Å². The Labute approximate surface area is 118 Å². The zero-order valence-electron chi connectivity index (χ0n) is 12.3. The van der Waals surface area contributed by atoms with E-state index in [-0.39, 0.29) is 5.56 Å². The molecule has 0 saturated carbocycles. The van der Waals surface area contributed by atoms with E-state index in [1.165, 1.54) is 12.1 Å². The number of hydrogen-bond donors (Lipinski definition) is 2. The van der Waals surface area contributed by atoms with Crippen molar-refractivity contribution in [3.05, 3.63) is 29.8 Å². The number of carbonyl (C=O) groups is 2. The van der Waals surface area contributed by atoms with E-state index in [4.69, 9.17) is 15.6 Å². The standard InChI is InChI=1S/C15H21NO4/c1-14(2,13(16)19)9-15(3,4)20-11-7-5-6-10(8-11)12(17)18/h5-8H,9H2,1-4H3,(H2,16,19)(H,17,18). The van der Waals surface area contributed by atoms with Gasteiger partial charge in [-0.15, -0.1) is 0 Å². The minimum absolute atomic E-state index is 0.160. The molecule has 0 spiro atoms. The van der Waals surface area contributed by atoms with Crippen molar-refractivity contribution >= 4 is 11.9 Å². The maximum absolute atomic E-state index is 11.4. The highest BCUT2D eigenvalue weighted by atomic mass is 16.5. The summed E-state index contributed by atoms with van der Waals surface area (Å²) >= 11 is 0. The van der Waals surface area contributed by atoms with Crippen LogP contribution in [-0.2, 0) is 4.79 Å². The SMILES string of the molecule is CC(C)(CC(C)(C)C(N)=O)Oc1cccc(C(=O)O)c1. The molecule has 1 aromatic rings. The molecule has 5 nitrogen and oxygen atoms in total. The Balaban J connectivity index is 2.88. The second-order valence-electron chi connectivity index (χ2n) is 6.12. The fraction of sp³-hybridized carbons (Fsp3) is 0.467. The second kappa shape index (κ2) is 5.53. The van der Waals surface area contributed by atoms with Crippen LogP contribution >= 0.6 is 0 Å². The van der Waals surface area contributed by atoms with Gasteiger partial charge in [-0.1, -0.05) is 19.9 Å². The normalized spacial score (nSPS) is 12.0. The van der Waals surface area contributed by atoms with Gasteiger partial charge in [0.15, 0.2) is 0 Å². The highest BCUT2D eigenvalue weighted by Gasteiger charge is 2.34. The Kier molecular flexibility index (Phi) is 4.43. The lowest BCUT2D eigenvalue weighted by atomic mass is 9.81. The molecule has 0 aliphatic carbocycles. The summed E-state index contributed by atoms with van der Waals surface area (Å²) in [5, 5.41) is 8.95. The molecule has 0 atom stereocenters. The number of amides is 1. The van der Waals surface area contributed by atoms with E-state index in [9.17, 15) is 9.59 Å². The lowest BCUT2D eigenvalue weighted by molar-refractivity contribution is -0.128. The Hall–Kier alpha value is -2.04. The van der Waals surface area contributed by atoms with E-state index >= 15 is 0 Å². The average Bonchev–Trinajstić information content (AvgIpc) is 2.26. The van der Waals surface area contributed by atoms with Crippen molar-refractivity contribution in [1.29, 1.82) is 0 Å². The quantitative estimate of drug-likeness (QED) is 0.837. The summed E-state index contributed by atoms with van der Waals surface area (Å²) in [6.45, 7) is 7.19. The van der Waals surface area contributed by atoms with Gasteiger partial charge < -0.3 is 15.6 Å². The smallest absolute Gasteiger partial charge is 0.335 e. The van der Waals surface area contributed by atoms with Gasteiger partial charge in [0.25, 0.3) is 0 Å². The molecule has 1 amide bonds. The van der Waals surface area contributed by atoms with Crippen molar-refractivity contribution < 1.29 is 19.4 Å². The molecule has 110 valence electrons. The van der Waals surface area contributed by atoms with Crippen LogP contribution in [0, 0.1) is 5.41 Å². The van der Waals surface area contributed by atoms with Gasteiger partial charge in [-0.2, -0.15) is 0 Å². The van der Waals surface area contributed by atoms with Gasteiger partial charge in [-0.25, -0.2) is 4.79 Å². The van der Waals surface area contributed by atoms with Gasteiger partial charge in [0.05, 0.1) is 5.56 Å². The Morgan fingerprint density at radius 3 is 2.35 bits per heavy atom. The molecular weight excluding hydrogens is 258 g/mol. The van der Waals surface area contributed by atoms with Crippen LogP contribution in [0.3, 0.4) is 0 Å². The van der Waals surface area contributed by atoms with E-state index in [1.807, 2.05) is 13.8 Å². The molecular formula is C15H21NO4. The van der Waals surface area contributed by atoms with Crippen molar-refractivity contribution in [2.45, 2.75) is 39.7 Å². The van der Waals surface area contributed by atoms with Gasteiger partial charge >= 0.3 is 5.97 Å². The van der Waals surface area contributed by atoms with Crippen molar-refractivity contribution in [1.82, 2.24) is 0 Å². The van der Waals surface area contributed by atoms with Crippen molar-refractivity contribution in [2.24, 2.45) is 11.1 Å². The van der Waals surface area contributed by atoms with Gasteiger partial charge in [0.1, 0.15) is 11.4 Å². The maximum Gasteiger partial charge on any atom is 0.335 e. The van der Waals surface area contributed by atoms with E-state index in [1.54, 1.807) is 26.0 Å². The van der Waals surface area contributed by atoms with Crippen LogP contribution < -0.4 is 10.5 Å². The van der Waals surface area contributed by atoms with Crippen LogP contribution in [0.2, 0.25) is 0 Å². The first kappa shape index (κ1) is 16.0. The molecule has 0 aliphatic heterocycles. The molecule has 0 heterocycles. The van der Waals surface area contributed by atoms with Crippen LogP contribution in [-0.4, -0.2) is 22.6 Å². The molecule has 0 fully saturated rings. The van der Waals surface area contributed by atoms with Crippen LogP contribution in [0.25, 0.3) is 0 Å². The summed E-state index contributed by atoms with van der Waals surface area (Å²) in [6, 6.07) is 6.26. The Morgan fingerprint density at radius 1 is 1.25 bits per heavy atom. The summed E-state index contributed by atoms with van der Waals surface area (Å²) in [5.41, 5.74) is 4.18. The highest BCUT2D eigenvalue weighted by Crippen LogP contribution is 2.31. The van der Waals surface area contributed by atoms with Crippen LogP contribution in [0.4, 0.5) is 0 Å². The monoisotopic (exact) mass is 279 g/mol. The third-order valence-electron chi connectivity index (χ3n) is 3.01. The number of aromatic carboxylic acids is 1. The van der Waals surface area contributed by atoms with Crippen molar-refractivity contribution in [3.8, 4) is 5.75 Å². The third kappa shape index (κ3) is 4.26. The minimum Gasteiger partial charge on any atom is -0.488 e. The van der Waals surface area contributed by atoms with Crippen molar-refractivity contribution in [2.75, 3.05) is 0 Å². The molecule has 0 saturated heterocycles. The largest absolute Gasteiger partial charge is 0.488 e. The molecule has 1 aromatic carbocycles. The molecule has 0 aliphatic rings. The summed E-state index contributed by atoms with van der Waals surface area (Å²) in [5.74, 6) is -0.950. The molecule has 20 heavy (non-hydrogen) atoms. The van der Waals surface area contributed by atoms with Crippen LogP contribution in [0.1, 0.15) is 44.5 Å². The summed E-state index contributed by atoms with van der Waals surface area (Å²) in [4.78, 5) is 22.3. The molecule has 0 unspecified atom stereocenters. The number of benzene rings is 1. The molecule has 3 N–H and O–H groups in total. The average molecular weight is 279 g/mol. The molecule has 0 bridgehead atoms. The predicted molar refractivity (Wildman–Crippen MR) is 75.7 cm³/mol. The molecule has 0 aromatic heterocycles. The van der Waals surface area contributed by atoms with E-state index in [0.717, 1.165) is 0 Å². The summed E-state index contributed by atoms with van der Waals surface area (Å²) < 4.78 is 5.81. The van der Waals surface area contributed by atoms with Gasteiger partial charge in [-0.3, -0.25) is 4.79 Å². The number of ether oxygens (including phenoxy) is 1. The number of carboxylic acids is 1. The van der Waals surface area contributed by atoms with Crippen molar-refractivity contribution in [3.63, 3.8) is 0 Å². The number of carboxylic acid groups (broad SMARTS) is 1. The minimum atomic E-state index is -1.01. The van der Waals surface area contributed by atoms with Gasteiger partial charge in [0.2, 0.25) is 5.91 Å². The first-order valence-corrected chi connectivity index (χ1v) is 6.36. The van der Waals surface area contributed by atoms with E-state index in [2.05, 4.69) is 0 Å². The van der Waals surface area contributed by atoms with E-state index < -0.39 is 22.9 Å². The van der Waals surface area contributed by atoms with Crippen LogP contribution in [0.5, 0.6) is 5.75 Å². The fourth-order valence-corrected chi connectivity index (χ4v) is 2.20. The zero-order chi connectivity index (χ0) is 15.6. The fourth-order valence-electron chi connectivity index (χ4n) is 2.20. The number of carbonyl (C=O) groups excluding carboxylic acids is 1.